The minimum Gasteiger partial charge on any atom is -0.502 e. The summed E-state index contributed by atoms with van der Waals surface area (Å²) >= 11 is 0. The number of nitrogens with one attached hydrogen (secondary N) is 1. The highest BCUT2D eigenvalue weighted by molar-refractivity contribution is 6.09. The first-order valence-corrected chi connectivity index (χ1v) is 13.3. The molecule has 0 saturated carbocycles. The lowest BCUT2D eigenvalue weighted by atomic mass is 9.87. The molecule has 0 fully saturated rings. The van der Waals surface area contributed by atoms with Crippen molar-refractivity contribution in [3.05, 3.63) is 113 Å². The molecule has 0 radical (unpaired) electrons. The topological polar surface area (TPSA) is 93.8 Å². The third kappa shape index (κ3) is 5.87. The molecule has 1 aromatic heterocycles. The highest BCUT2D eigenvalue weighted by Crippen LogP contribution is 2.47. The van der Waals surface area contributed by atoms with Gasteiger partial charge in [-0.25, -0.2) is 9.37 Å². The minimum atomic E-state index is -0.596. The molecule has 41 heavy (non-hydrogen) atoms. The van der Waals surface area contributed by atoms with Gasteiger partial charge in [0.25, 0.3) is 0 Å². The molecule has 0 spiro atoms. The van der Waals surface area contributed by atoms with Crippen LogP contribution in [0.15, 0.2) is 83.1 Å². The minimum absolute atomic E-state index is 0.0966. The largest absolute Gasteiger partial charge is 0.502 e. The number of ether oxygens (including phenoxy) is 2. The summed E-state index contributed by atoms with van der Waals surface area (Å²) < 4.78 is 30.8. The van der Waals surface area contributed by atoms with Crippen molar-refractivity contribution in [2.75, 3.05) is 14.2 Å². The Balaban J connectivity index is 1.58. The van der Waals surface area contributed by atoms with Crippen molar-refractivity contribution < 1.29 is 28.2 Å². The molecule has 1 aliphatic carbocycles. The third-order valence-electron chi connectivity index (χ3n) is 7.29. The van der Waals surface area contributed by atoms with Gasteiger partial charge in [0.1, 0.15) is 12.1 Å². The van der Waals surface area contributed by atoms with Crippen LogP contribution in [0.25, 0.3) is 17.2 Å². The van der Waals surface area contributed by atoms with Crippen molar-refractivity contribution in [1.29, 1.82) is 0 Å². The first-order valence-electron chi connectivity index (χ1n) is 13.3. The second-order valence-corrected chi connectivity index (χ2v) is 9.78. The number of rotatable bonds is 10. The van der Waals surface area contributed by atoms with Gasteiger partial charge in [-0.15, -0.1) is 0 Å². The van der Waals surface area contributed by atoms with Gasteiger partial charge in [0.15, 0.2) is 17.4 Å². The van der Waals surface area contributed by atoms with Crippen molar-refractivity contribution in [3.8, 4) is 17.2 Å². The Morgan fingerprint density at radius 1 is 1.07 bits per heavy atom. The summed E-state index contributed by atoms with van der Waals surface area (Å²) in [7, 11) is 2.93. The predicted molar refractivity (Wildman–Crippen MR) is 155 cm³/mol. The summed E-state index contributed by atoms with van der Waals surface area (Å²) in [5.41, 5.74) is 5.60. The van der Waals surface area contributed by atoms with Crippen LogP contribution >= 0.6 is 0 Å². The van der Waals surface area contributed by atoms with Crippen LogP contribution in [0.5, 0.6) is 17.2 Å². The Bertz CT molecular complexity index is 1590. The molecule has 210 valence electrons. The molecule has 2 N–H and O–H groups in total. The van der Waals surface area contributed by atoms with Crippen molar-refractivity contribution in [1.82, 2.24) is 10.3 Å². The summed E-state index contributed by atoms with van der Waals surface area (Å²) in [6, 6.07) is 17.7. The molecule has 1 atom stereocenters. The number of aromatic nitrogens is 1. The maximum Gasteiger partial charge on any atom is 0.227 e. The highest BCUT2D eigenvalue weighted by atomic mass is 19.1. The molecule has 7 nitrogen and oxygen atoms in total. The van der Waals surface area contributed by atoms with Gasteiger partial charge in [-0.2, -0.15) is 0 Å². The van der Waals surface area contributed by atoms with E-state index in [1.807, 2.05) is 43.3 Å². The lowest BCUT2D eigenvalue weighted by molar-refractivity contribution is -0.123. The number of benzene rings is 3. The van der Waals surface area contributed by atoms with Gasteiger partial charge in [0, 0.05) is 13.0 Å². The molecule has 0 saturated heterocycles. The Morgan fingerprint density at radius 3 is 2.46 bits per heavy atom. The number of aryl methyl sites for hydroxylation is 1. The number of halogens is 1. The zero-order valence-electron chi connectivity index (χ0n) is 23.1. The van der Waals surface area contributed by atoms with Crippen LogP contribution in [0.3, 0.4) is 0 Å². The molecule has 1 unspecified atom stereocenters. The van der Waals surface area contributed by atoms with Crippen LogP contribution in [0.1, 0.15) is 41.5 Å². The van der Waals surface area contributed by atoms with Crippen LogP contribution in [0, 0.1) is 11.7 Å². The average molecular weight is 555 g/mol. The lowest BCUT2D eigenvalue weighted by Gasteiger charge is -2.20. The second kappa shape index (κ2) is 12.1. The zero-order chi connectivity index (χ0) is 28.9. The Hall–Kier alpha value is -4.85. The second-order valence-electron chi connectivity index (χ2n) is 9.78. The molecule has 1 heterocycles. The molecule has 0 aliphatic heterocycles. The molecule has 1 aliphatic rings. The van der Waals surface area contributed by atoms with Crippen molar-refractivity contribution in [2.45, 2.75) is 26.3 Å². The molecular weight excluding hydrogens is 523 g/mol. The monoisotopic (exact) mass is 554 g/mol. The standard InChI is InChI=1S/C33H31FN2O5/c1-20-26(15-22-16-28(39-2)32(37)29(17-22)40-3)24-10-9-23(34)18-27(24)31(20)25(11-12-30-35-13-14-41-30)33(38)36-19-21-7-5-4-6-8-21/h4-10,13-18,25,37H,11-12,19H2,1-3H3,(H,36,38)/b26-15-. The normalized spacial score (nSPS) is 14.2. The molecule has 5 rings (SSSR count). The fourth-order valence-electron chi connectivity index (χ4n) is 5.28. The Morgan fingerprint density at radius 2 is 1.80 bits per heavy atom. The first-order chi connectivity index (χ1) is 19.9. The summed E-state index contributed by atoms with van der Waals surface area (Å²) in [5.74, 6) is -0.195. The molecule has 4 aromatic rings. The number of oxazole rings is 1. The Labute approximate surface area is 238 Å². The third-order valence-corrected chi connectivity index (χ3v) is 7.29. The number of amides is 1. The Kier molecular flexibility index (Phi) is 8.19. The van der Waals surface area contributed by atoms with Gasteiger partial charge in [-0.05, 0) is 82.7 Å². The number of fused-ring (bicyclic) bond motifs is 1. The van der Waals surface area contributed by atoms with Gasteiger partial charge >= 0.3 is 0 Å². The van der Waals surface area contributed by atoms with E-state index in [1.54, 1.807) is 24.4 Å². The van der Waals surface area contributed by atoms with E-state index in [2.05, 4.69) is 10.3 Å². The quantitative estimate of drug-likeness (QED) is 0.235. The number of methoxy groups -OCH3 is 2. The molecule has 3 aromatic carbocycles. The van der Waals surface area contributed by atoms with Gasteiger partial charge in [0.2, 0.25) is 11.7 Å². The summed E-state index contributed by atoms with van der Waals surface area (Å²) in [6.07, 6.45) is 5.86. The summed E-state index contributed by atoms with van der Waals surface area (Å²) in [6.45, 7) is 2.31. The van der Waals surface area contributed by atoms with E-state index in [0.29, 0.717) is 36.4 Å². The van der Waals surface area contributed by atoms with Crippen LogP contribution < -0.4 is 14.8 Å². The summed E-state index contributed by atoms with van der Waals surface area (Å²) in [4.78, 5) is 18.0. The number of nitrogens with zero attached hydrogens (tertiary/aromatic N) is 1. The average Bonchev–Trinajstić information content (AvgIpc) is 3.60. The van der Waals surface area contributed by atoms with Crippen molar-refractivity contribution >= 4 is 23.1 Å². The number of phenolic OH excluding ortho intramolecular Hbond substituents is 1. The van der Waals surface area contributed by atoms with E-state index < -0.39 is 5.92 Å². The predicted octanol–water partition coefficient (Wildman–Crippen LogP) is 6.43. The first kappa shape index (κ1) is 27.7. The van der Waals surface area contributed by atoms with E-state index in [0.717, 1.165) is 27.8 Å². The van der Waals surface area contributed by atoms with Gasteiger partial charge in [-0.1, -0.05) is 36.4 Å². The van der Waals surface area contributed by atoms with Crippen LogP contribution in [-0.2, 0) is 17.8 Å². The molecule has 1 amide bonds. The number of hydrogen-bond acceptors (Lipinski definition) is 6. The molecule has 8 heteroatoms. The van der Waals surface area contributed by atoms with Gasteiger partial charge in [0.05, 0.1) is 26.3 Å². The highest BCUT2D eigenvalue weighted by Gasteiger charge is 2.33. The number of hydrogen-bond donors (Lipinski definition) is 2. The fourth-order valence-corrected chi connectivity index (χ4v) is 5.28. The number of carbonyl (C=O) groups is 1. The zero-order valence-corrected chi connectivity index (χ0v) is 23.1. The SMILES string of the molecule is COc1cc(/C=C2/C(C)=C(C(CCc3ncco3)C(=O)NCc3ccccc3)c3cc(F)ccc32)cc(OC)c1O. The number of phenols is 1. The van der Waals surface area contributed by atoms with Crippen molar-refractivity contribution in [3.63, 3.8) is 0 Å². The van der Waals surface area contributed by atoms with Crippen LogP contribution in [0.4, 0.5) is 4.39 Å². The van der Waals surface area contributed by atoms with Crippen molar-refractivity contribution in [2.24, 2.45) is 5.92 Å². The van der Waals surface area contributed by atoms with Crippen LogP contribution in [-0.4, -0.2) is 30.2 Å². The van der Waals surface area contributed by atoms with E-state index in [-0.39, 0.29) is 29.0 Å². The lowest BCUT2D eigenvalue weighted by Crippen LogP contribution is -2.31. The molecular formula is C33H31FN2O5. The van der Waals surface area contributed by atoms with Crippen LogP contribution in [0.2, 0.25) is 0 Å². The van der Waals surface area contributed by atoms with E-state index in [9.17, 15) is 14.3 Å². The smallest absolute Gasteiger partial charge is 0.227 e. The van der Waals surface area contributed by atoms with E-state index >= 15 is 0 Å². The van der Waals surface area contributed by atoms with Gasteiger partial charge in [-0.3, -0.25) is 4.79 Å². The number of carbonyl (C=O) groups excluding carboxylic acids is 1. The van der Waals surface area contributed by atoms with E-state index in [4.69, 9.17) is 13.9 Å². The summed E-state index contributed by atoms with van der Waals surface area (Å²) in [5, 5.41) is 13.5. The maximum absolute atomic E-state index is 14.7. The number of aromatic hydroxyl groups is 1. The van der Waals surface area contributed by atoms with E-state index in [1.165, 1.54) is 32.6 Å². The maximum atomic E-state index is 14.7. The molecule has 0 bridgehead atoms. The van der Waals surface area contributed by atoms with Gasteiger partial charge < -0.3 is 24.3 Å². The number of allylic oxidation sites excluding steroid dienone is 2. The fraction of sp³-hybridized carbons (Fsp3) is 0.212.